The second kappa shape index (κ2) is 4.57. The standard InChI is InChI=1S/C13H17N3O/c1-10-8-12(9-17)11(2)16(10)7-5-13-4-6-14-15(13)3/h4,6,8-9H,5,7H2,1-3H3. The second-order valence-electron chi connectivity index (χ2n) is 4.29. The van der Waals surface area contributed by atoms with E-state index in [-0.39, 0.29) is 0 Å². The Balaban J connectivity index is 2.17. The predicted molar refractivity (Wildman–Crippen MR) is 66.2 cm³/mol. The minimum absolute atomic E-state index is 0.785. The van der Waals surface area contributed by atoms with Crippen molar-refractivity contribution < 1.29 is 4.79 Å². The van der Waals surface area contributed by atoms with Crippen molar-refractivity contribution in [1.82, 2.24) is 14.3 Å². The van der Waals surface area contributed by atoms with E-state index in [0.717, 1.165) is 36.2 Å². The minimum atomic E-state index is 0.785. The van der Waals surface area contributed by atoms with Crippen molar-refractivity contribution in [2.45, 2.75) is 26.8 Å². The van der Waals surface area contributed by atoms with Gasteiger partial charge < -0.3 is 4.57 Å². The largest absolute Gasteiger partial charge is 0.348 e. The molecule has 0 unspecified atom stereocenters. The van der Waals surface area contributed by atoms with E-state index < -0.39 is 0 Å². The van der Waals surface area contributed by atoms with Crippen molar-refractivity contribution in [1.29, 1.82) is 0 Å². The van der Waals surface area contributed by atoms with Gasteiger partial charge in [0.25, 0.3) is 0 Å². The summed E-state index contributed by atoms with van der Waals surface area (Å²) in [6.07, 6.45) is 3.65. The summed E-state index contributed by atoms with van der Waals surface area (Å²) < 4.78 is 4.06. The number of aromatic nitrogens is 3. The summed E-state index contributed by atoms with van der Waals surface area (Å²) in [5.74, 6) is 0. The highest BCUT2D eigenvalue weighted by Crippen LogP contribution is 2.14. The number of carbonyl (C=O) groups is 1. The van der Waals surface area contributed by atoms with Gasteiger partial charge in [0.15, 0.2) is 6.29 Å². The van der Waals surface area contributed by atoms with E-state index in [1.165, 1.54) is 5.69 Å². The van der Waals surface area contributed by atoms with E-state index in [1.54, 1.807) is 0 Å². The van der Waals surface area contributed by atoms with Gasteiger partial charge >= 0.3 is 0 Å². The molecular weight excluding hydrogens is 214 g/mol. The van der Waals surface area contributed by atoms with Gasteiger partial charge in [-0.3, -0.25) is 9.48 Å². The van der Waals surface area contributed by atoms with Crippen LogP contribution in [0.2, 0.25) is 0 Å². The molecule has 0 aliphatic carbocycles. The lowest BCUT2D eigenvalue weighted by atomic mass is 10.2. The third-order valence-electron chi connectivity index (χ3n) is 3.25. The lowest BCUT2D eigenvalue weighted by Crippen LogP contribution is -2.08. The first kappa shape index (κ1) is 11.6. The van der Waals surface area contributed by atoms with Crippen LogP contribution in [0.1, 0.15) is 27.4 Å². The van der Waals surface area contributed by atoms with Gasteiger partial charge in [-0.05, 0) is 26.0 Å². The molecule has 2 aromatic heterocycles. The zero-order valence-electron chi connectivity index (χ0n) is 10.5. The Morgan fingerprint density at radius 1 is 1.41 bits per heavy atom. The molecule has 0 N–H and O–H groups in total. The lowest BCUT2D eigenvalue weighted by molar-refractivity contribution is 0.112. The molecule has 0 saturated carbocycles. The quantitative estimate of drug-likeness (QED) is 0.754. The summed E-state index contributed by atoms with van der Waals surface area (Å²) in [4.78, 5) is 10.9. The van der Waals surface area contributed by atoms with Crippen molar-refractivity contribution in [3.05, 3.63) is 41.0 Å². The average Bonchev–Trinajstić information content (AvgIpc) is 2.82. The number of rotatable bonds is 4. The van der Waals surface area contributed by atoms with Crippen LogP contribution in [0.5, 0.6) is 0 Å². The molecule has 2 heterocycles. The smallest absolute Gasteiger partial charge is 0.151 e. The van der Waals surface area contributed by atoms with Gasteiger partial charge in [0.05, 0.1) is 0 Å². The highest BCUT2D eigenvalue weighted by atomic mass is 16.1. The Morgan fingerprint density at radius 3 is 2.71 bits per heavy atom. The maximum Gasteiger partial charge on any atom is 0.151 e. The fourth-order valence-corrected chi connectivity index (χ4v) is 2.16. The summed E-state index contributed by atoms with van der Waals surface area (Å²) in [6.45, 7) is 4.90. The van der Waals surface area contributed by atoms with Crippen molar-refractivity contribution in [2.75, 3.05) is 0 Å². The molecule has 0 saturated heterocycles. The maximum absolute atomic E-state index is 10.9. The number of aryl methyl sites for hydroxylation is 3. The first-order chi connectivity index (χ1) is 8.13. The van der Waals surface area contributed by atoms with Crippen molar-refractivity contribution >= 4 is 6.29 Å². The molecule has 90 valence electrons. The van der Waals surface area contributed by atoms with Gasteiger partial charge in [-0.2, -0.15) is 5.10 Å². The summed E-state index contributed by atoms with van der Waals surface area (Å²) >= 11 is 0. The SMILES string of the molecule is Cc1cc(C=O)c(C)n1CCc1ccnn1C. The molecule has 0 fully saturated rings. The lowest BCUT2D eigenvalue weighted by Gasteiger charge is -2.09. The Kier molecular flexibility index (Phi) is 3.13. The third-order valence-corrected chi connectivity index (χ3v) is 3.25. The van der Waals surface area contributed by atoms with Crippen molar-refractivity contribution in [2.24, 2.45) is 7.05 Å². The van der Waals surface area contributed by atoms with Crippen LogP contribution in [0.4, 0.5) is 0 Å². The Bertz CT molecular complexity index is 537. The van der Waals surface area contributed by atoms with Crippen LogP contribution in [0.15, 0.2) is 18.3 Å². The number of hydrogen-bond donors (Lipinski definition) is 0. The molecule has 17 heavy (non-hydrogen) atoms. The van der Waals surface area contributed by atoms with E-state index in [4.69, 9.17) is 0 Å². The first-order valence-corrected chi connectivity index (χ1v) is 5.72. The maximum atomic E-state index is 10.9. The average molecular weight is 231 g/mol. The Morgan fingerprint density at radius 2 is 2.18 bits per heavy atom. The normalized spacial score (nSPS) is 10.8. The van der Waals surface area contributed by atoms with Crippen LogP contribution in [-0.4, -0.2) is 20.6 Å². The molecule has 4 nitrogen and oxygen atoms in total. The summed E-state index contributed by atoms with van der Waals surface area (Å²) in [7, 11) is 1.95. The summed E-state index contributed by atoms with van der Waals surface area (Å²) in [5.41, 5.74) is 4.16. The van der Waals surface area contributed by atoms with Crippen molar-refractivity contribution in [3.8, 4) is 0 Å². The topological polar surface area (TPSA) is 39.8 Å². The molecule has 0 bridgehead atoms. The number of carbonyl (C=O) groups excluding carboxylic acids is 1. The fraction of sp³-hybridized carbons (Fsp3) is 0.385. The van der Waals surface area contributed by atoms with Crippen LogP contribution < -0.4 is 0 Å². The van der Waals surface area contributed by atoms with Crippen molar-refractivity contribution in [3.63, 3.8) is 0 Å². The van der Waals surface area contributed by atoms with Crippen LogP contribution in [-0.2, 0) is 20.0 Å². The third kappa shape index (κ3) is 2.16. The molecule has 2 rings (SSSR count). The minimum Gasteiger partial charge on any atom is -0.348 e. The van der Waals surface area contributed by atoms with Gasteiger partial charge in [-0.25, -0.2) is 0 Å². The predicted octanol–water partition coefficient (Wildman–Crippen LogP) is 1.89. The highest BCUT2D eigenvalue weighted by Gasteiger charge is 2.08. The van der Waals surface area contributed by atoms with E-state index in [9.17, 15) is 4.79 Å². The molecule has 0 atom stereocenters. The fourth-order valence-electron chi connectivity index (χ4n) is 2.16. The summed E-state index contributed by atoms with van der Waals surface area (Å²) in [6, 6.07) is 3.96. The molecule has 0 aliphatic heterocycles. The van der Waals surface area contributed by atoms with Gasteiger partial charge in [0.2, 0.25) is 0 Å². The molecule has 0 aromatic carbocycles. The molecule has 0 aliphatic rings. The second-order valence-corrected chi connectivity index (χ2v) is 4.29. The molecule has 0 amide bonds. The van der Waals surface area contributed by atoms with Gasteiger partial charge in [-0.1, -0.05) is 0 Å². The molecule has 2 aromatic rings. The highest BCUT2D eigenvalue weighted by molar-refractivity contribution is 5.77. The van der Waals surface area contributed by atoms with E-state index in [0.29, 0.717) is 0 Å². The van der Waals surface area contributed by atoms with Crippen LogP contribution in [0.25, 0.3) is 0 Å². The molecule has 0 radical (unpaired) electrons. The monoisotopic (exact) mass is 231 g/mol. The Hall–Kier alpha value is -1.84. The molecular formula is C13H17N3O. The van der Waals surface area contributed by atoms with E-state index in [1.807, 2.05) is 43.9 Å². The van der Waals surface area contributed by atoms with Crippen LogP contribution >= 0.6 is 0 Å². The Labute approximate surface area is 101 Å². The molecule has 4 heteroatoms. The van der Waals surface area contributed by atoms with E-state index >= 15 is 0 Å². The molecule has 0 spiro atoms. The number of nitrogens with zero attached hydrogens (tertiary/aromatic N) is 3. The zero-order chi connectivity index (χ0) is 12.4. The number of hydrogen-bond acceptors (Lipinski definition) is 2. The van der Waals surface area contributed by atoms with Gasteiger partial charge in [-0.15, -0.1) is 0 Å². The van der Waals surface area contributed by atoms with Crippen LogP contribution in [0, 0.1) is 13.8 Å². The van der Waals surface area contributed by atoms with Gasteiger partial charge in [0, 0.05) is 48.9 Å². The number of aldehydes is 1. The summed E-state index contributed by atoms with van der Waals surface area (Å²) in [5, 5.41) is 4.15. The van der Waals surface area contributed by atoms with Crippen LogP contribution in [0.3, 0.4) is 0 Å². The van der Waals surface area contributed by atoms with Gasteiger partial charge in [0.1, 0.15) is 0 Å². The zero-order valence-corrected chi connectivity index (χ0v) is 10.5. The van der Waals surface area contributed by atoms with E-state index in [2.05, 4.69) is 9.67 Å². The first-order valence-electron chi connectivity index (χ1n) is 5.72.